The summed E-state index contributed by atoms with van der Waals surface area (Å²) in [6, 6.07) is 8.05. The first kappa shape index (κ1) is 11.4. The Hall–Kier alpha value is -1.06. The highest BCUT2D eigenvalue weighted by Crippen LogP contribution is 2.21. The van der Waals surface area contributed by atoms with Crippen LogP contribution in [-0.2, 0) is 6.42 Å². The Morgan fingerprint density at radius 2 is 2.19 bits per heavy atom. The van der Waals surface area contributed by atoms with Crippen LogP contribution < -0.4 is 5.32 Å². The lowest BCUT2D eigenvalue weighted by molar-refractivity contribution is 1.03. The van der Waals surface area contributed by atoms with Crippen LogP contribution in [0.4, 0.5) is 5.82 Å². The van der Waals surface area contributed by atoms with Crippen molar-refractivity contribution < 1.29 is 0 Å². The molecule has 0 amide bonds. The third-order valence-corrected chi connectivity index (χ3v) is 3.51. The van der Waals surface area contributed by atoms with Gasteiger partial charge in [0, 0.05) is 17.6 Å². The summed E-state index contributed by atoms with van der Waals surface area (Å²) in [6.45, 7) is 2.91. The maximum atomic E-state index is 5.86. The molecular weight excluding hydrogens is 240 g/mol. The Labute approximate surface area is 104 Å². The van der Waals surface area contributed by atoms with Gasteiger partial charge in [-0.3, -0.25) is 0 Å². The van der Waals surface area contributed by atoms with Crippen LogP contribution in [0, 0.1) is 6.92 Å². The van der Waals surface area contributed by atoms with E-state index in [0.717, 1.165) is 23.1 Å². The number of hydrogen-bond donors (Lipinski definition) is 1. The molecule has 2 aromatic heterocycles. The van der Waals surface area contributed by atoms with Crippen LogP contribution in [0.2, 0.25) is 4.34 Å². The van der Waals surface area contributed by atoms with Crippen molar-refractivity contribution >= 4 is 28.8 Å². The first-order valence-corrected chi connectivity index (χ1v) is 6.34. The summed E-state index contributed by atoms with van der Waals surface area (Å²) in [5, 5.41) is 3.28. The van der Waals surface area contributed by atoms with Crippen LogP contribution in [0.3, 0.4) is 0 Å². The SMILES string of the molecule is Cc1ccc(NCCc2ccc(Cl)s2)nc1. The molecule has 0 aliphatic rings. The van der Waals surface area contributed by atoms with Gasteiger partial charge in [-0.1, -0.05) is 17.7 Å². The monoisotopic (exact) mass is 252 g/mol. The van der Waals surface area contributed by atoms with Crippen molar-refractivity contribution in [3.05, 3.63) is 45.2 Å². The molecule has 0 unspecified atom stereocenters. The molecular formula is C12H13ClN2S. The van der Waals surface area contributed by atoms with Gasteiger partial charge in [0.15, 0.2) is 0 Å². The molecule has 0 aromatic carbocycles. The first-order chi connectivity index (χ1) is 7.74. The van der Waals surface area contributed by atoms with Crippen LogP contribution in [0.25, 0.3) is 0 Å². The molecule has 2 heterocycles. The van der Waals surface area contributed by atoms with E-state index >= 15 is 0 Å². The van der Waals surface area contributed by atoms with Gasteiger partial charge in [0.1, 0.15) is 5.82 Å². The maximum Gasteiger partial charge on any atom is 0.125 e. The topological polar surface area (TPSA) is 24.9 Å². The standard InChI is InChI=1S/C12H13ClN2S/c1-9-2-5-12(15-8-9)14-7-6-10-3-4-11(13)16-10/h2-5,8H,6-7H2,1H3,(H,14,15). The van der Waals surface area contributed by atoms with Crippen LogP contribution >= 0.6 is 22.9 Å². The zero-order valence-corrected chi connectivity index (χ0v) is 10.6. The van der Waals surface area contributed by atoms with Gasteiger partial charge >= 0.3 is 0 Å². The molecule has 84 valence electrons. The number of thiophene rings is 1. The van der Waals surface area contributed by atoms with Gasteiger partial charge in [-0.15, -0.1) is 11.3 Å². The molecule has 4 heteroatoms. The molecule has 2 aromatic rings. The van der Waals surface area contributed by atoms with Gasteiger partial charge in [0.05, 0.1) is 4.34 Å². The highest BCUT2D eigenvalue weighted by Gasteiger charge is 1.98. The van der Waals surface area contributed by atoms with Gasteiger partial charge in [0.2, 0.25) is 0 Å². The zero-order valence-electron chi connectivity index (χ0n) is 9.03. The number of aryl methyl sites for hydroxylation is 1. The summed E-state index contributed by atoms with van der Waals surface area (Å²) < 4.78 is 0.850. The molecule has 16 heavy (non-hydrogen) atoms. The minimum absolute atomic E-state index is 0.850. The summed E-state index contributed by atoms with van der Waals surface area (Å²) in [7, 11) is 0. The number of aromatic nitrogens is 1. The van der Waals surface area contributed by atoms with Gasteiger partial charge in [-0.2, -0.15) is 0 Å². The van der Waals surface area contributed by atoms with E-state index in [1.54, 1.807) is 11.3 Å². The summed E-state index contributed by atoms with van der Waals surface area (Å²) in [5.41, 5.74) is 1.18. The molecule has 0 aliphatic heterocycles. The Kier molecular flexibility index (Phi) is 3.80. The van der Waals surface area contributed by atoms with E-state index in [1.807, 2.05) is 25.3 Å². The Morgan fingerprint density at radius 1 is 1.31 bits per heavy atom. The van der Waals surface area contributed by atoms with Crippen LogP contribution in [0.5, 0.6) is 0 Å². The van der Waals surface area contributed by atoms with Crippen molar-refractivity contribution in [2.24, 2.45) is 0 Å². The third kappa shape index (κ3) is 3.22. The molecule has 0 saturated carbocycles. The second kappa shape index (κ2) is 5.32. The van der Waals surface area contributed by atoms with Crippen molar-refractivity contribution in [3.63, 3.8) is 0 Å². The smallest absolute Gasteiger partial charge is 0.125 e. The Balaban J connectivity index is 1.82. The Bertz CT molecular complexity index is 450. The van der Waals surface area contributed by atoms with E-state index in [-0.39, 0.29) is 0 Å². The summed E-state index contributed by atoms with van der Waals surface area (Å²) in [4.78, 5) is 5.58. The summed E-state index contributed by atoms with van der Waals surface area (Å²) in [5.74, 6) is 0.924. The minimum Gasteiger partial charge on any atom is -0.370 e. The molecule has 0 radical (unpaired) electrons. The van der Waals surface area contributed by atoms with Crippen molar-refractivity contribution in [1.29, 1.82) is 0 Å². The van der Waals surface area contributed by atoms with Gasteiger partial charge in [-0.25, -0.2) is 4.98 Å². The lowest BCUT2D eigenvalue weighted by Crippen LogP contribution is -2.05. The molecule has 0 aliphatic carbocycles. The average Bonchev–Trinajstić information content (AvgIpc) is 2.67. The van der Waals surface area contributed by atoms with E-state index in [9.17, 15) is 0 Å². The minimum atomic E-state index is 0.850. The van der Waals surface area contributed by atoms with Crippen molar-refractivity contribution in [2.45, 2.75) is 13.3 Å². The van der Waals surface area contributed by atoms with E-state index in [0.29, 0.717) is 0 Å². The first-order valence-electron chi connectivity index (χ1n) is 5.15. The predicted octanol–water partition coefficient (Wildman–Crippen LogP) is 3.76. The number of halogens is 1. The molecule has 2 rings (SSSR count). The second-order valence-corrected chi connectivity index (χ2v) is 5.40. The van der Waals surface area contributed by atoms with Crippen LogP contribution in [0.1, 0.15) is 10.4 Å². The number of nitrogens with zero attached hydrogens (tertiary/aromatic N) is 1. The van der Waals surface area contributed by atoms with E-state index < -0.39 is 0 Å². The van der Waals surface area contributed by atoms with Crippen LogP contribution in [0.15, 0.2) is 30.5 Å². The lowest BCUT2D eigenvalue weighted by Gasteiger charge is -2.04. The van der Waals surface area contributed by atoms with Gasteiger partial charge < -0.3 is 5.32 Å². The molecule has 0 atom stereocenters. The van der Waals surface area contributed by atoms with Crippen molar-refractivity contribution in [1.82, 2.24) is 4.98 Å². The highest BCUT2D eigenvalue weighted by atomic mass is 35.5. The normalized spacial score (nSPS) is 10.4. The highest BCUT2D eigenvalue weighted by molar-refractivity contribution is 7.16. The van der Waals surface area contributed by atoms with Gasteiger partial charge in [-0.05, 0) is 37.1 Å². The largest absolute Gasteiger partial charge is 0.370 e. The summed E-state index contributed by atoms with van der Waals surface area (Å²) >= 11 is 7.49. The third-order valence-electron chi connectivity index (χ3n) is 2.22. The molecule has 0 spiro atoms. The number of anilines is 1. The fraction of sp³-hybridized carbons (Fsp3) is 0.250. The number of hydrogen-bond acceptors (Lipinski definition) is 3. The number of pyridine rings is 1. The predicted molar refractivity (Wildman–Crippen MR) is 70.5 cm³/mol. The molecule has 1 N–H and O–H groups in total. The molecule has 0 fully saturated rings. The fourth-order valence-corrected chi connectivity index (χ4v) is 2.46. The van der Waals surface area contributed by atoms with Crippen molar-refractivity contribution in [2.75, 3.05) is 11.9 Å². The number of nitrogens with one attached hydrogen (secondary N) is 1. The maximum absolute atomic E-state index is 5.86. The van der Waals surface area contributed by atoms with Gasteiger partial charge in [0.25, 0.3) is 0 Å². The number of rotatable bonds is 4. The summed E-state index contributed by atoms with van der Waals surface area (Å²) in [6.07, 6.45) is 2.84. The van der Waals surface area contributed by atoms with E-state index in [2.05, 4.69) is 22.4 Å². The van der Waals surface area contributed by atoms with E-state index in [4.69, 9.17) is 11.6 Å². The second-order valence-electron chi connectivity index (χ2n) is 3.60. The molecule has 0 bridgehead atoms. The fourth-order valence-electron chi connectivity index (χ4n) is 1.37. The Morgan fingerprint density at radius 3 is 2.81 bits per heavy atom. The molecule has 2 nitrogen and oxygen atoms in total. The average molecular weight is 253 g/mol. The van der Waals surface area contributed by atoms with E-state index in [1.165, 1.54) is 10.4 Å². The quantitative estimate of drug-likeness (QED) is 0.896. The van der Waals surface area contributed by atoms with Crippen molar-refractivity contribution in [3.8, 4) is 0 Å². The van der Waals surface area contributed by atoms with Crippen LogP contribution in [-0.4, -0.2) is 11.5 Å². The lowest BCUT2D eigenvalue weighted by atomic mass is 10.3. The zero-order chi connectivity index (χ0) is 11.4. The molecule has 0 saturated heterocycles.